The van der Waals surface area contributed by atoms with Gasteiger partial charge in [-0.2, -0.15) is 5.10 Å². The number of hydrogen-bond acceptors (Lipinski definition) is 4. The average molecular weight is 317 g/mol. The van der Waals surface area contributed by atoms with Crippen molar-refractivity contribution >= 4 is 5.91 Å². The fourth-order valence-electron chi connectivity index (χ4n) is 3.17. The van der Waals surface area contributed by atoms with Crippen molar-refractivity contribution in [3.05, 3.63) is 34.7 Å². The lowest BCUT2D eigenvalue weighted by atomic mass is 10.2. The van der Waals surface area contributed by atoms with Gasteiger partial charge < -0.3 is 14.2 Å². The van der Waals surface area contributed by atoms with Crippen LogP contribution >= 0.6 is 0 Å². The molecule has 23 heavy (non-hydrogen) atoms. The van der Waals surface area contributed by atoms with Crippen molar-refractivity contribution in [2.75, 3.05) is 19.7 Å². The third-order valence-electron chi connectivity index (χ3n) is 4.38. The van der Waals surface area contributed by atoms with Crippen LogP contribution in [0.15, 0.2) is 6.07 Å². The average Bonchev–Trinajstić information content (AvgIpc) is 3.10. The number of aryl methyl sites for hydroxylation is 2. The number of carbonyl (C=O) groups excluding carboxylic acids is 1. The molecule has 1 unspecified atom stereocenters. The Morgan fingerprint density at radius 1 is 1.43 bits per heavy atom. The summed E-state index contributed by atoms with van der Waals surface area (Å²) in [7, 11) is 0. The standard InChI is InChI=1S/C16H23N5O2/c1-5-21-10(2)8-13(11(21)3)16(22)20-6-7-23-14(9-20)15-17-12(4)18-19-15/h8,14H,5-7,9H2,1-4H3,(H,17,18,19). The van der Waals surface area contributed by atoms with Gasteiger partial charge in [-0.1, -0.05) is 0 Å². The molecule has 1 saturated heterocycles. The summed E-state index contributed by atoms with van der Waals surface area (Å²) in [6, 6.07) is 1.97. The van der Waals surface area contributed by atoms with Crippen molar-refractivity contribution in [1.82, 2.24) is 24.6 Å². The summed E-state index contributed by atoms with van der Waals surface area (Å²) < 4.78 is 7.89. The number of nitrogens with zero attached hydrogens (tertiary/aromatic N) is 4. The first kappa shape index (κ1) is 15.7. The third kappa shape index (κ3) is 2.88. The number of carbonyl (C=O) groups is 1. The molecule has 2 aromatic heterocycles. The largest absolute Gasteiger partial charge is 0.366 e. The van der Waals surface area contributed by atoms with Crippen LogP contribution in [-0.2, 0) is 11.3 Å². The second-order valence-corrected chi connectivity index (χ2v) is 5.92. The molecule has 0 saturated carbocycles. The van der Waals surface area contributed by atoms with E-state index >= 15 is 0 Å². The Hall–Kier alpha value is -2.15. The minimum absolute atomic E-state index is 0.0540. The second kappa shape index (κ2) is 6.16. The second-order valence-electron chi connectivity index (χ2n) is 5.92. The number of hydrogen-bond donors (Lipinski definition) is 1. The predicted molar refractivity (Wildman–Crippen MR) is 85.3 cm³/mol. The number of amides is 1. The summed E-state index contributed by atoms with van der Waals surface area (Å²) in [6.07, 6.45) is -0.271. The Bertz CT molecular complexity index is 718. The summed E-state index contributed by atoms with van der Waals surface area (Å²) in [5, 5.41) is 6.97. The van der Waals surface area contributed by atoms with E-state index < -0.39 is 0 Å². The molecule has 1 atom stereocenters. The first-order valence-electron chi connectivity index (χ1n) is 7.97. The van der Waals surface area contributed by atoms with Gasteiger partial charge in [0.1, 0.15) is 11.9 Å². The van der Waals surface area contributed by atoms with Gasteiger partial charge >= 0.3 is 0 Å². The van der Waals surface area contributed by atoms with E-state index in [-0.39, 0.29) is 12.0 Å². The van der Waals surface area contributed by atoms with Gasteiger partial charge in [0.25, 0.3) is 5.91 Å². The van der Waals surface area contributed by atoms with Crippen molar-refractivity contribution in [2.45, 2.75) is 40.3 Å². The smallest absolute Gasteiger partial charge is 0.255 e. The number of nitrogens with one attached hydrogen (secondary N) is 1. The number of rotatable bonds is 3. The van der Waals surface area contributed by atoms with Gasteiger partial charge in [-0.05, 0) is 33.8 Å². The SMILES string of the molecule is CCn1c(C)cc(C(=O)N2CCOC(c3n[nH]c(C)n3)C2)c1C. The van der Waals surface area contributed by atoms with E-state index in [1.807, 2.05) is 31.7 Å². The van der Waals surface area contributed by atoms with Crippen LogP contribution in [0.1, 0.15) is 46.4 Å². The van der Waals surface area contributed by atoms with E-state index in [0.29, 0.717) is 25.5 Å². The quantitative estimate of drug-likeness (QED) is 0.936. The minimum atomic E-state index is -0.271. The number of morpholine rings is 1. The lowest BCUT2D eigenvalue weighted by molar-refractivity contribution is -0.0267. The highest BCUT2D eigenvalue weighted by atomic mass is 16.5. The highest BCUT2D eigenvalue weighted by molar-refractivity contribution is 5.95. The zero-order valence-electron chi connectivity index (χ0n) is 14.1. The molecular formula is C16H23N5O2. The number of H-pyrrole nitrogens is 1. The number of aromatic nitrogens is 4. The maximum atomic E-state index is 12.9. The van der Waals surface area contributed by atoms with Crippen LogP contribution in [0, 0.1) is 20.8 Å². The maximum absolute atomic E-state index is 12.9. The van der Waals surface area contributed by atoms with E-state index in [4.69, 9.17) is 4.74 Å². The van der Waals surface area contributed by atoms with Crippen LogP contribution in [0.2, 0.25) is 0 Å². The summed E-state index contributed by atoms with van der Waals surface area (Å²) in [6.45, 7) is 10.4. The summed E-state index contributed by atoms with van der Waals surface area (Å²) in [4.78, 5) is 19.0. The van der Waals surface area contributed by atoms with Gasteiger partial charge in [0.15, 0.2) is 5.82 Å². The Morgan fingerprint density at radius 3 is 2.83 bits per heavy atom. The Kier molecular flexibility index (Phi) is 4.21. The normalized spacial score (nSPS) is 18.4. The Balaban J connectivity index is 1.80. The zero-order valence-corrected chi connectivity index (χ0v) is 14.1. The van der Waals surface area contributed by atoms with E-state index in [0.717, 1.165) is 29.3 Å². The number of aromatic amines is 1. The molecule has 7 heteroatoms. The third-order valence-corrected chi connectivity index (χ3v) is 4.38. The molecule has 3 rings (SSSR count). The molecule has 0 bridgehead atoms. The first-order valence-corrected chi connectivity index (χ1v) is 7.97. The molecule has 124 valence electrons. The van der Waals surface area contributed by atoms with Crippen LogP contribution in [0.4, 0.5) is 0 Å². The molecule has 0 radical (unpaired) electrons. The Morgan fingerprint density at radius 2 is 2.22 bits per heavy atom. The van der Waals surface area contributed by atoms with Crippen molar-refractivity contribution in [3.8, 4) is 0 Å². The van der Waals surface area contributed by atoms with E-state index in [1.54, 1.807) is 0 Å². The maximum Gasteiger partial charge on any atom is 0.255 e. The van der Waals surface area contributed by atoms with Gasteiger partial charge in [0.2, 0.25) is 0 Å². The molecular weight excluding hydrogens is 294 g/mol. The van der Waals surface area contributed by atoms with Crippen LogP contribution in [0.5, 0.6) is 0 Å². The summed E-state index contributed by atoms with van der Waals surface area (Å²) in [5.74, 6) is 1.41. The molecule has 1 aliphatic rings. The fourth-order valence-corrected chi connectivity index (χ4v) is 3.17. The molecule has 2 aromatic rings. The Labute approximate surface area is 135 Å². The molecule has 1 amide bonds. The zero-order chi connectivity index (χ0) is 16.6. The van der Waals surface area contributed by atoms with Crippen molar-refractivity contribution < 1.29 is 9.53 Å². The molecule has 7 nitrogen and oxygen atoms in total. The highest BCUT2D eigenvalue weighted by Crippen LogP contribution is 2.23. The molecule has 3 heterocycles. The fraction of sp³-hybridized carbons (Fsp3) is 0.562. The van der Waals surface area contributed by atoms with E-state index in [2.05, 4.69) is 26.7 Å². The van der Waals surface area contributed by atoms with Crippen molar-refractivity contribution in [3.63, 3.8) is 0 Å². The number of ether oxygens (including phenoxy) is 1. The van der Waals surface area contributed by atoms with E-state index in [9.17, 15) is 4.79 Å². The van der Waals surface area contributed by atoms with Crippen LogP contribution in [0.25, 0.3) is 0 Å². The van der Waals surface area contributed by atoms with Gasteiger partial charge in [-0.25, -0.2) is 4.98 Å². The van der Waals surface area contributed by atoms with Gasteiger partial charge in [-0.15, -0.1) is 0 Å². The monoisotopic (exact) mass is 317 g/mol. The highest BCUT2D eigenvalue weighted by Gasteiger charge is 2.30. The molecule has 1 aliphatic heterocycles. The van der Waals surface area contributed by atoms with Gasteiger partial charge in [0, 0.05) is 24.5 Å². The molecule has 0 aliphatic carbocycles. The van der Waals surface area contributed by atoms with Gasteiger partial charge in [0.05, 0.1) is 18.7 Å². The lowest BCUT2D eigenvalue weighted by Gasteiger charge is -2.31. The summed E-state index contributed by atoms with van der Waals surface area (Å²) >= 11 is 0. The van der Waals surface area contributed by atoms with Crippen LogP contribution < -0.4 is 0 Å². The summed E-state index contributed by atoms with van der Waals surface area (Å²) in [5.41, 5.74) is 2.91. The van der Waals surface area contributed by atoms with E-state index in [1.165, 1.54) is 0 Å². The van der Waals surface area contributed by atoms with Crippen LogP contribution in [-0.4, -0.2) is 50.3 Å². The lowest BCUT2D eigenvalue weighted by Crippen LogP contribution is -2.42. The van der Waals surface area contributed by atoms with Crippen LogP contribution in [0.3, 0.4) is 0 Å². The topological polar surface area (TPSA) is 76.0 Å². The van der Waals surface area contributed by atoms with Gasteiger partial charge in [-0.3, -0.25) is 9.89 Å². The molecule has 1 N–H and O–H groups in total. The van der Waals surface area contributed by atoms with Crippen molar-refractivity contribution in [1.29, 1.82) is 0 Å². The van der Waals surface area contributed by atoms with Crippen molar-refractivity contribution in [2.24, 2.45) is 0 Å². The molecule has 0 aromatic carbocycles. The molecule has 1 fully saturated rings. The first-order chi connectivity index (χ1) is 11.0. The predicted octanol–water partition coefficient (Wildman–Crippen LogP) is 1.77. The minimum Gasteiger partial charge on any atom is -0.366 e. The molecule has 0 spiro atoms.